The first kappa shape index (κ1) is 15.7. The zero-order valence-electron chi connectivity index (χ0n) is 13.0. The Morgan fingerprint density at radius 2 is 2.22 bits per heavy atom. The van der Waals surface area contributed by atoms with Gasteiger partial charge in [0, 0.05) is 0 Å². The van der Waals surface area contributed by atoms with E-state index in [-0.39, 0.29) is 24.4 Å². The first-order valence-corrected chi connectivity index (χ1v) is 8.38. The number of benzene rings is 1. The molecule has 1 amide bonds. The Balaban J connectivity index is 1.57. The Hall–Kier alpha value is -2.15. The molecule has 0 radical (unpaired) electrons. The van der Waals surface area contributed by atoms with E-state index in [4.69, 9.17) is 9.47 Å². The van der Waals surface area contributed by atoms with Gasteiger partial charge in [0.1, 0.15) is 5.75 Å². The predicted molar refractivity (Wildman–Crippen MR) is 87.6 cm³/mol. The number of esters is 1. The van der Waals surface area contributed by atoms with E-state index in [1.807, 2.05) is 32.0 Å². The van der Waals surface area contributed by atoms with Crippen LogP contribution in [0.1, 0.15) is 20.3 Å². The molecule has 3 rings (SSSR count). The maximum atomic E-state index is 11.8. The van der Waals surface area contributed by atoms with Crippen molar-refractivity contribution in [3.63, 3.8) is 0 Å². The van der Waals surface area contributed by atoms with Gasteiger partial charge in [-0.05, 0) is 37.5 Å². The highest BCUT2D eigenvalue weighted by atomic mass is 32.1. The first-order chi connectivity index (χ1) is 11.1. The summed E-state index contributed by atoms with van der Waals surface area (Å²) in [6, 6.07) is 5.58. The van der Waals surface area contributed by atoms with Gasteiger partial charge in [0.15, 0.2) is 11.7 Å². The molecule has 122 valence electrons. The molecule has 6 nitrogen and oxygen atoms in total. The van der Waals surface area contributed by atoms with Crippen molar-refractivity contribution in [1.82, 2.24) is 4.98 Å². The van der Waals surface area contributed by atoms with Crippen molar-refractivity contribution in [2.75, 3.05) is 18.5 Å². The second-order valence-electron chi connectivity index (χ2n) is 5.56. The standard InChI is InChI=1S/C16H18N2O4S/c1-3-21-10-4-5-12-13(7-10)23-16(17-12)18-14(19)8-22-15(20)11-6-9(11)2/h4-5,7,9,11H,3,6,8H2,1-2H3,(H,17,18,19)/t9-,11-/m1/s1. The fraction of sp³-hybridized carbons (Fsp3) is 0.438. The van der Waals surface area contributed by atoms with Crippen LogP contribution in [0.5, 0.6) is 5.75 Å². The van der Waals surface area contributed by atoms with E-state index in [0.29, 0.717) is 17.7 Å². The van der Waals surface area contributed by atoms with Crippen LogP contribution in [-0.2, 0) is 14.3 Å². The molecular formula is C16H18N2O4S. The highest BCUT2D eigenvalue weighted by Crippen LogP contribution is 2.38. The second-order valence-corrected chi connectivity index (χ2v) is 6.59. The SMILES string of the molecule is CCOc1ccc2nc(NC(=O)COC(=O)[C@@H]3C[C@H]3C)sc2c1. The van der Waals surface area contributed by atoms with Crippen molar-refractivity contribution >= 4 is 38.6 Å². The summed E-state index contributed by atoms with van der Waals surface area (Å²) < 4.78 is 11.4. The summed E-state index contributed by atoms with van der Waals surface area (Å²) in [4.78, 5) is 27.8. The highest BCUT2D eigenvalue weighted by Gasteiger charge is 2.40. The molecular weight excluding hydrogens is 316 g/mol. The third-order valence-corrected chi connectivity index (χ3v) is 4.61. The summed E-state index contributed by atoms with van der Waals surface area (Å²) >= 11 is 1.36. The number of carbonyl (C=O) groups excluding carboxylic acids is 2. The molecule has 2 atom stereocenters. The van der Waals surface area contributed by atoms with E-state index >= 15 is 0 Å². The van der Waals surface area contributed by atoms with Crippen molar-refractivity contribution in [3.8, 4) is 5.75 Å². The molecule has 1 fully saturated rings. The molecule has 0 bridgehead atoms. The number of nitrogens with zero attached hydrogens (tertiary/aromatic N) is 1. The van der Waals surface area contributed by atoms with E-state index in [9.17, 15) is 9.59 Å². The Labute approximate surface area is 137 Å². The highest BCUT2D eigenvalue weighted by molar-refractivity contribution is 7.22. The van der Waals surface area contributed by atoms with Gasteiger partial charge >= 0.3 is 5.97 Å². The van der Waals surface area contributed by atoms with E-state index in [2.05, 4.69) is 10.3 Å². The second kappa shape index (κ2) is 6.54. The number of nitrogens with one attached hydrogen (secondary N) is 1. The minimum Gasteiger partial charge on any atom is -0.494 e. The maximum Gasteiger partial charge on any atom is 0.309 e. The van der Waals surface area contributed by atoms with Crippen LogP contribution in [0, 0.1) is 11.8 Å². The molecule has 1 saturated carbocycles. The third-order valence-electron chi connectivity index (χ3n) is 3.68. The zero-order chi connectivity index (χ0) is 16.4. The molecule has 0 spiro atoms. The maximum absolute atomic E-state index is 11.8. The minimum atomic E-state index is -0.379. The topological polar surface area (TPSA) is 77.5 Å². The summed E-state index contributed by atoms with van der Waals surface area (Å²) in [7, 11) is 0. The first-order valence-electron chi connectivity index (χ1n) is 7.56. The van der Waals surface area contributed by atoms with Crippen LogP contribution in [-0.4, -0.2) is 30.1 Å². The van der Waals surface area contributed by atoms with Crippen LogP contribution in [0.25, 0.3) is 10.2 Å². The van der Waals surface area contributed by atoms with Gasteiger partial charge in [-0.25, -0.2) is 4.98 Å². The van der Waals surface area contributed by atoms with Gasteiger partial charge in [-0.15, -0.1) is 0 Å². The largest absolute Gasteiger partial charge is 0.494 e. The summed E-state index contributed by atoms with van der Waals surface area (Å²) in [5.74, 6) is 0.430. The average molecular weight is 334 g/mol. The fourth-order valence-corrected chi connectivity index (χ4v) is 3.17. The Kier molecular flexibility index (Phi) is 4.47. The molecule has 1 aliphatic rings. The molecule has 0 aliphatic heterocycles. The Bertz CT molecular complexity index is 743. The summed E-state index contributed by atoms with van der Waals surface area (Å²) in [6.45, 7) is 4.23. The van der Waals surface area contributed by atoms with Gasteiger partial charge in [0.25, 0.3) is 5.91 Å². The number of amides is 1. The molecule has 1 aromatic carbocycles. The lowest BCUT2D eigenvalue weighted by molar-refractivity contribution is -0.148. The zero-order valence-corrected chi connectivity index (χ0v) is 13.8. The van der Waals surface area contributed by atoms with Gasteiger partial charge in [0.05, 0.1) is 22.7 Å². The molecule has 0 unspecified atom stereocenters. The van der Waals surface area contributed by atoms with Gasteiger partial charge in [0.2, 0.25) is 0 Å². The molecule has 1 N–H and O–H groups in total. The van der Waals surface area contributed by atoms with Crippen LogP contribution in [0.15, 0.2) is 18.2 Å². The molecule has 1 heterocycles. The normalized spacial score (nSPS) is 19.4. The van der Waals surface area contributed by atoms with E-state index in [1.54, 1.807) is 0 Å². The summed E-state index contributed by atoms with van der Waals surface area (Å²) in [5.41, 5.74) is 0.789. The number of rotatable bonds is 6. The van der Waals surface area contributed by atoms with Gasteiger partial charge in [-0.2, -0.15) is 0 Å². The molecule has 1 aromatic heterocycles. The van der Waals surface area contributed by atoms with Crippen molar-refractivity contribution in [2.24, 2.45) is 11.8 Å². The number of fused-ring (bicyclic) bond motifs is 1. The lowest BCUT2D eigenvalue weighted by atomic mass is 10.3. The van der Waals surface area contributed by atoms with Crippen molar-refractivity contribution in [3.05, 3.63) is 18.2 Å². The van der Waals surface area contributed by atoms with Crippen molar-refractivity contribution in [1.29, 1.82) is 0 Å². The predicted octanol–water partition coefficient (Wildman–Crippen LogP) is 2.83. The number of anilines is 1. The van der Waals surface area contributed by atoms with Gasteiger partial charge in [-0.1, -0.05) is 18.3 Å². The summed E-state index contributed by atoms with van der Waals surface area (Å²) in [5, 5.41) is 3.14. The van der Waals surface area contributed by atoms with Crippen molar-refractivity contribution < 1.29 is 19.1 Å². The number of aromatic nitrogens is 1. The van der Waals surface area contributed by atoms with E-state index in [0.717, 1.165) is 22.4 Å². The third kappa shape index (κ3) is 3.79. The molecule has 23 heavy (non-hydrogen) atoms. The monoisotopic (exact) mass is 334 g/mol. The molecule has 7 heteroatoms. The van der Waals surface area contributed by atoms with Crippen LogP contribution in [0.3, 0.4) is 0 Å². The number of ether oxygens (including phenoxy) is 2. The van der Waals surface area contributed by atoms with E-state index < -0.39 is 0 Å². The molecule has 2 aromatic rings. The lowest BCUT2D eigenvalue weighted by Gasteiger charge is -2.03. The van der Waals surface area contributed by atoms with Crippen molar-refractivity contribution in [2.45, 2.75) is 20.3 Å². The lowest BCUT2D eigenvalue weighted by Crippen LogP contribution is -2.21. The molecule has 1 aliphatic carbocycles. The van der Waals surface area contributed by atoms with E-state index in [1.165, 1.54) is 11.3 Å². The van der Waals surface area contributed by atoms with Crippen LogP contribution in [0.4, 0.5) is 5.13 Å². The molecule has 0 saturated heterocycles. The quantitative estimate of drug-likeness (QED) is 0.822. The van der Waals surface area contributed by atoms with Gasteiger partial charge < -0.3 is 9.47 Å². The number of hydrogen-bond donors (Lipinski definition) is 1. The van der Waals surface area contributed by atoms with Crippen LogP contribution < -0.4 is 10.1 Å². The average Bonchev–Trinajstić information content (AvgIpc) is 3.11. The van der Waals surface area contributed by atoms with Gasteiger partial charge in [-0.3, -0.25) is 14.9 Å². The Morgan fingerprint density at radius 1 is 1.43 bits per heavy atom. The minimum absolute atomic E-state index is 0.0396. The number of thiazole rings is 1. The summed E-state index contributed by atoms with van der Waals surface area (Å²) in [6.07, 6.45) is 0.848. The van der Waals surface area contributed by atoms with Crippen LogP contribution in [0.2, 0.25) is 0 Å². The Morgan fingerprint density at radius 3 is 2.91 bits per heavy atom. The fourth-order valence-electron chi connectivity index (χ4n) is 2.26. The number of carbonyl (C=O) groups is 2. The number of hydrogen-bond acceptors (Lipinski definition) is 6. The van der Waals surface area contributed by atoms with Crippen LogP contribution >= 0.6 is 11.3 Å². The smallest absolute Gasteiger partial charge is 0.309 e.